The van der Waals surface area contributed by atoms with Gasteiger partial charge in [0.1, 0.15) is 5.75 Å². The topological polar surface area (TPSA) is 82.9 Å². The lowest BCUT2D eigenvalue weighted by Crippen LogP contribution is -2.41. The molecule has 0 unspecified atom stereocenters. The van der Waals surface area contributed by atoms with Gasteiger partial charge in [0.25, 0.3) is 0 Å². The second-order valence-electron chi connectivity index (χ2n) is 10.1. The van der Waals surface area contributed by atoms with E-state index in [-0.39, 0.29) is 6.42 Å². The first-order chi connectivity index (χ1) is 17.9. The van der Waals surface area contributed by atoms with Gasteiger partial charge in [0.15, 0.2) is 0 Å². The number of aliphatic hydroxyl groups is 1. The Morgan fingerprint density at radius 3 is 2.73 bits per heavy atom. The first-order valence-electron chi connectivity index (χ1n) is 13.2. The number of nitrogens with zero attached hydrogens (tertiary/aromatic N) is 2. The van der Waals surface area contributed by atoms with E-state index in [1.807, 2.05) is 36.0 Å². The van der Waals surface area contributed by atoms with Crippen LogP contribution in [0.3, 0.4) is 0 Å². The highest BCUT2D eigenvalue weighted by Gasteiger charge is 2.30. The van der Waals surface area contributed by atoms with E-state index in [4.69, 9.17) is 4.74 Å². The molecule has 37 heavy (non-hydrogen) atoms. The minimum absolute atomic E-state index is 0.199. The third kappa shape index (κ3) is 7.69. The quantitative estimate of drug-likeness (QED) is 0.284. The van der Waals surface area contributed by atoms with Crippen molar-refractivity contribution in [1.29, 1.82) is 0 Å². The Bertz CT molecular complexity index is 1170. The zero-order chi connectivity index (χ0) is 26.2. The van der Waals surface area contributed by atoms with Gasteiger partial charge in [0, 0.05) is 41.7 Å². The molecule has 3 atom stereocenters. The summed E-state index contributed by atoms with van der Waals surface area (Å²) in [5, 5.41) is 21.4. The smallest absolute Gasteiger partial charge is 0.303 e. The second-order valence-corrected chi connectivity index (χ2v) is 11.2. The number of benzene rings is 2. The molecule has 6 nitrogen and oxygen atoms in total. The molecule has 3 aromatic rings. The third-order valence-electron chi connectivity index (χ3n) is 7.55. The molecule has 198 valence electrons. The Kier molecular flexibility index (Phi) is 9.83. The highest BCUT2D eigenvalue weighted by molar-refractivity contribution is 7.99. The molecule has 1 aromatic heterocycles. The number of carbonyl (C=O) groups is 1. The van der Waals surface area contributed by atoms with Crippen LogP contribution in [0.2, 0.25) is 0 Å². The zero-order valence-corrected chi connectivity index (χ0v) is 22.6. The Labute approximate surface area is 224 Å². The number of rotatable bonds is 12. The maximum atomic E-state index is 11.3. The van der Waals surface area contributed by atoms with Crippen molar-refractivity contribution in [1.82, 2.24) is 9.88 Å². The average molecular weight is 523 g/mol. The second kappa shape index (κ2) is 13.3. The number of carboxylic acid groups (broad SMARTS) is 1. The summed E-state index contributed by atoms with van der Waals surface area (Å²) in [5.41, 5.74) is 2.99. The molecule has 4 rings (SSSR count). The number of pyridine rings is 1. The van der Waals surface area contributed by atoms with Gasteiger partial charge in [-0.15, -0.1) is 11.8 Å². The molecule has 0 saturated carbocycles. The molecular formula is C30H38N2O4S. The lowest BCUT2D eigenvalue weighted by atomic mass is 9.79. The van der Waals surface area contributed by atoms with E-state index in [1.165, 1.54) is 10.5 Å². The van der Waals surface area contributed by atoms with Gasteiger partial charge in [-0.2, -0.15) is 0 Å². The Hall–Kier alpha value is -2.61. The molecule has 0 bridgehead atoms. The minimum atomic E-state index is -0.733. The molecule has 1 aliphatic heterocycles. The number of thioether (sulfide) groups is 1. The number of aryl methyl sites for hydroxylation is 1. The van der Waals surface area contributed by atoms with E-state index in [9.17, 15) is 15.0 Å². The summed E-state index contributed by atoms with van der Waals surface area (Å²) in [7, 11) is 1.64. The molecule has 2 aromatic carbocycles. The van der Waals surface area contributed by atoms with E-state index in [1.54, 1.807) is 13.3 Å². The number of aliphatic hydroxyl groups excluding tert-OH is 1. The summed E-state index contributed by atoms with van der Waals surface area (Å²) in [6.07, 6.45) is 4.60. The fraction of sp³-hybridized carbons (Fsp3) is 0.467. The molecule has 2 N–H and O–H groups in total. The van der Waals surface area contributed by atoms with Gasteiger partial charge in [-0.25, -0.2) is 0 Å². The van der Waals surface area contributed by atoms with Crippen molar-refractivity contribution in [2.75, 3.05) is 32.5 Å². The number of likely N-dealkylation sites (tertiary alicyclic amines) is 1. The number of ether oxygens (including phenoxy) is 1. The standard InChI is InChI=1S/C30H38N2O4S/c1-21-3-8-25(9-4-21)37-18-17-32-16-14-22(23(20-32)6-12-30(34)35)5-11-29(33)26-13-15-31-28-10-7-24(36-2)19-27(26)28/h3-4,7-10,13,15,19,22-23,29,33H,5-6,11-12,14,16-18,20H2,1-2H3,(H,34,35)/t22-,23-,29-/m1/s1. The van der Waals surface area contributed by atoms with E-state index in [0.29, 0.717) is 24.7 Å². The van der Waals surface area contributed by atoms with Crippen molar-refractivity contribution >= 4 is 28.6 Å². The first kappa shape index (κ1) is 27.4. The molecule has 0 aliphatic carbocycles. The number of aliphatic carboxylic acids is 1. The van der Waals surface area contributed by atoms with Crippen molar-refractivity contribution in [3.63, 3.8) is 0 Å². The van der Waals surface area contributed by atoms with Crippen LogP contribution in [0.5, 0.6) is 5.75 Å². The van der Waals surface area contributed by atoms with Crippen LogP contribution in [-0.4, -0.2) is 58.6 Å². The van der Waals surface area contributed by atoms with Crippen LogP contribution in [0, 0.1) is 18.8 Å². The lowest BCUT2D eigenvalue weighted by Gasteiger charge is -2.39. The van der Waals surface area contributed by atoms with Crippen LogP contribution in [0.25, 0.3) is 10.9 Å². The molecule has 1 saturated heterocycles. The number of carboxylic acids is 1. The number of hydrogen-bond donors (Lipinski definition) is 2. The van der Waals surface area contributed by atoms with Crippen molar-refractivity contribution in [2.45, 2.75) is 50.0 Å². The summed E-state index contributed by atoms with van der Waals surface area (Å²) in [5.74, 6) is 1.78. The predicted octanol–water partition coefficient (Wildman–Crippen LogP) is 5.96. The number of hydrogen-bond acceptors (Lipinski definition) is 6. The van der Waals surface area contributed by atoms with Gasteiger partial charge in [-0.05, 0) is 92.9 Å². The van der Waals surface area contributed by atoms with Gasteiger partial charge in [0.05, 0.1) is 18.7 Å². The van der Waals surface area contributed by atoms with Gasteiger partial charge >= 0.3 is 5.97 Å². The lowest BCUT2D eigenvalue weighted by molar-refractivity contribution is -0.137. The molecule has 2 heterocycles. The Morgan fingerprint density at radius 1 is 1.16 bits per heavy atom. The molecule has 0 amide bonds. The summed E-state index contributed by atoms with van der Waals surface area (Å²) in [6.45, 7) is 5.06. The van der Waals surface area contributed by atoms with E-state index < -0.39 is 12.1 Å². The van der Waals surface area contributed by atoms with Crippen LogP contribution in [-0.2, 0) is 4.79 Å². The van der Waals surface area contributed by atoms with Crippen LogP contribution >= 0.6 is 11.8 Å². The van der Waals surface area contributed by atoms with Crippen LogP contribution in [0.15, 0.2) is 59.6 Å². The number of piperidine rings is 1. The molecule has 7 heteroatoms. The summed E-state index contributed by atoms with van der Waals surface area (Å²) < 4.78 is 5.38. The van der Waals surface area contributed by atoms with Gasteiger partial charge in [-0.1, -0.05) is 17.7 Å². The van der Waals surface area contributed by atoms with Crippen molar-refractivity contribution < 1.29 is 19.7 Å². The average Bonchev–Trinajstić information content (AvgIpc) is 2.91. The SMILES string of the molecule is COc1ccc2nccc([C@H](O)CC[C@@H]3CCN(CCSc4ccc(C)cc4)C[C@H]3CCC(=O)O)c2c1. The fourth-order valence-corrected chi connectivity index (χ4v) is 6.31. The maximum Gasteiger partial charge on any atom is 0.303 e. The Balaban J connectivity index is 1.34. The largest absolute Gasteiger partial charge is 0.497 e. The number of methoxy groups -OCH3 is 1. The fourth-order valence-electron chi connectivity index (χ4n) is 5.39. The molecular weight excluding hydrogens is 484 g/mol. The van der Waals surface area contributed by atoms with Crippen molar-refractivity contribution in [3.8, 4) is 5.75 Å². The van der Waals surface area contributed by atoms with Crippen LogP contribution in [0.4, 0.5) is 0 Å². The maximum absolute atomic E-state index is 11.3. The van der Waals surface area contributed by atoms with E-state index in [0.717, 1.165) is 60.4 Å². The Morgan fingerprint density at radius 2 is 1.97 bits per heavy atom. The number of fused-ring (bicyclic) bond motifs is 1. The number of aromatic nitrogens is 1. The third-order valence-corrected chi connectivity index (χ3v) is 8.55. The normalized spacial score (nSPS) is 19.1. The molecule has 0 spiro atoms. The summed E-state index contributed by atoms with van der Waals surface area (Å²) >= 11 is 1.88. The van der Waals surface area contributed by atoms with E-state index in [2.05, 4.69) is 41.1 Å². The van der Waals surface area contributed by atoms with Crippen molar-refractivity contribution in [2.24, 2.45) is 11.8 Å². The van der Waals surface area contributed by atoms with E-state index >= 15 is 0 Å². The van der Waals surface area contributed by atoms with Crippen LogP contribution < -0.4 is 4.74 Å². The minimum Gasteiger partial charge on any atom is -0.497 e. The monoisotopic (exact) mass is 522 g/mol. The van der Waals surface area contributed by atoms with Gasteiger partial charge in [-0.3, -0.25) is 9.78 Å². The van der Waals surface area contributed by atoms with Gasteiger partial charge < -0.3 is 19.8 Å². The molecule has 1 aliphatic rings. The highest BCUT2D eigenvalue weighted by Crippen LogP contribution is 2.35. The zero-order valence-electron chi connectivity index (χ0n) is 21.8. The molecule has 0 radical (unpaired) electrons. The summed E-state index contributed by atoms with van der Waals surface area (Å²) in [4.78, 5) is 19.5. The van der Waals surface area contributed by atoms with Gasteiger partial charge in [0.2, 0.25) is 0 Å². The summed E-state index contributed by atoms with van der Waals surface area (Å²) in [6, 6.07) is 16.3. The highest BCUT2D eigenvalue weighted by atomic mass is 32.2. The van der Waals surface area contributed by atoms with Crippen molar-refractivity contribution in [3.05, 3.63) is 65.9 Å². The first-order valence-corrected chi connectivity index (χ1v) is 14.2. The van der Waals surface area contributed by atoms with Crippen LogP contribution in [0.1, 0.15) is 49.3 Å². The predicted molar refractivity (Wildman–Crippen MR) is 149 cm³/mol. The molecule has 1 fully saturated rings.